The molecule has 32 heavy (non-hydrogen) atoms. The van der Waals surface area contributed by atoms with Gasteiger partial charge in [0.15, 0.2) is 5.82 Å². The summed E-state index contributed by atoms with van der Waals surface area (Å²) in [5.74, 6) is -3.66. The minimum absolute atomic E-state index is 0.0501. The first kappa shape index (κ1) is 23.1. The fourth-order valence-electron chi connectivity index (χ4n) is 3.05. The van der Waals surface area contributed by atoms with Crippen molar-refractivity contribution in [3.8, 4) is 17.3 Å². The molecule has 3 aromatic rings. The number of alkyl halides is 2. The van der Waals surface area contributed by atoms with E-state index in [1.165, 1.54) is 30.6 Å². The number of carbonyl (C=O) groups excluding carboxylic acids is 1. The third-order valence-electron chi connectivity index (χ3n) is 4.70. The molecule has 7 nitrogen and oxygen atoms in total. The number of rotatable bonds is 8. The van der Waals surface area contributed by atoms with Gasteiger partial charge in [0.2, 0.25) is 5.88 Å². The highest BCUT2D eigenvalue weighted by Crippen LogP contribution is 2.25. The lowest BCUT2D eigenvalue weighted by Gasteiger charge is -2.28. The number of benzene rings is 1. The number of likely N-dealkylation sites (N-methyl/N-ethyl adjacent to an activating group) is 1. The molecule has 0 saturated heterocycles. The Balaban J connectivity index is 1.76. The second-order valence-corrected chi connectivity index (χ2v) is 7.14. The van der Waals surface area contributed by atoms with Gasteiger partial charge < -0.3 is 9.64 Å². The van der Waals surface area contributed by atoms with Crippen LogP contribution in [-0.4, -0.2) is 49.9 Å². The number of ether oxygens (including phenoxy) is 1. The Hall–Kier alpha value is -3.56. The highest BCUT2D eigenvalue weighted by Gasteiger charge is 2.27. The summed E-state index contributed by atoms with van der Waals surface area (Å²) in [5, 5.41) is 0. The number of halogens is 3. The molecule has 2 heterocycles. The van der Waals surface area contributed by atoms with Crippen molar-refractivity contribution < 1.29 is 22.7 Å². The minimum Gasteiger partial charge on any atom is -0.474 e. The van der Waals surface area contributed by atoms with Gasteiger partial charge in [0, 0.05) is 31.4 Å². The van der Waals surface area contributed by atoms with E-state index in [0.717, 1.165) is 19.3 Å². The van der Waals surface area contributed by atoms with E-state index in [2.05, 4.69) is 19.9 Å². The molecule has 2 aromatic heterocycles. The Morgan fingerprint density at radius 3 is 2.47 bits per heavy atom. The number of hydrogen-bond donors (Lipinski definition) is 0. The van der Waals surface area contributed by atoms with Gasteiger partial charge in [0.25, 0.3) is 11.8 Å². The lowest BCUT2D eigenvalue weighted by atomic mass is 10.0. The predicted octanol–water partition coefficient (Wildman–Crippen LogP) is 4.11. The molecule has 1 amide bonds. The number of aromatic nitrogens is 4. The normalized spacial score (nSPS) is 12.3. The fourth-order valence-corrected chi connectivity index (χ4v) is 3.05. The number of carbonyl (C=O) groups is 1. The quantitative estimate of drug-likeness (QED) is 0.519. The van der Waals surface area contributed by atoms with Crippen LogP contribution in [0.1, 0.15) is 36.8 Å². The summed E-state index contributed by atoms with van der Waals surface area (Å²) in [6, 6.07) is 5.04. The fraction of sp³-hybridized carbons (Fsp3) is 0.318. The summed E-state index contributed by atoms with van der Waals surface area (Å²) >= 11 is 0. The highest BCUT2D eigenvalue weighted by molar-refractivity contribution is 6.00. The van der Waals surface area contributed by atoms with Crippen molar-refractivity contribution in [3.05, 3.63) is 66.1 Å². The third kappa shape index (κ3) is 5.37. The van der Waals surface area contributed by atoms with Gasteiger partial charge in [0.05, 0.1) is 24.0 Å². The second-order valence-electron chi connectivity index (χ2n) is 7.14. The molecule has 0 saturated carbocycles. The van der Waals surface area contributed by atoms with Crippen LogP contribution in [0, 0.1) is 5.82 Å². The maximum Gasteiger partial charge on any atom is 0.288 e. The summed E-state index contributed by atoms with van der Waals surface area (Å²) < 4.78 is 46.0. The number of amides is 1. The zero-order valence-electron chi connectivity index (χ0n) is 17.8. The molecular weight excluding hydrogens is 423 g/mol. The summed E-state index contributed by atoms with van der Waals surface area (Å²) in [6.07, 6.45) is 5.09. The molecule has 3 rings (SSSR count). The van der Waals surface area contributed by atoms with Crippen LogP contribution >= 0.6 is 0 Å². The SMILES string of the molecule is CCN(C(=O)c1ccc(F)cc1-c1ncccn1)[C@@H](C)COc1cnc(C(C)(F)F)cn1. The molecule has 0 bridgehead atoms. The first-order chi connectivity index (χ1) is 15.2. The lowest BCUT2D eigenvalue weighted by Crippen LogP contribution is -2.42. The van der Waals surface area contributed by atoms with Crippen LogP contribution in [0.5, 0.6) is 5.88 Å². The number of hydrogen-bond acceptors (Lipinski definition) is 6. The third-order valence-corrected chi connectivity index (χ3v) is 4.70. The average molecular weight is 445 g/mol. The van der Waals surface area contributed by atoms with Crippen LogP contribution < -0.4 is 4.74 Å². The van der Waals surface area contributed by atoms with Crippen LogP contribution in [-0.2, 0) is 5.92 Å². The predicted molar refractivity (Wildman–Crippen MR) is 111 cm³/mol. The van der Waals surface area contributed by atoms with Gasteiger partial charge >= 0.3 is 0 Å². The molecule has 0 unspecified atom stereocenters. The summed E-state index contributed by atoms with van der Waals surface area (Å²) in [7, 11) is 0. The zero-order chi connectivity index (χ0) is 23.3. The van der Waals surface area contributed by atoms with E-state index in [-0.39, 0.29) is 35.3 Å². The molecule has 1 atom stereocenters. The smallest absolute Gasteiger partial charge is 0.288 e. The van der Waals surface area contributed by atoms with Crippen molar-refractivity contribution in [2.45, 2.75) is 32.7 Å². The van der Waals surface area contributed by atoms with Gasteiger partial charge in [-0.05, 0) is 38.1 Å². The van der Waals surface area contributed by atoms with Gasteiger partial charge in [-0.3, -0.25) is 4.79 Å². The maximum atomic E-state index is 13.9. The molecule has 0 aliphatic heterocycles. The van der Waals surface area contributed by atoms with Crippen LogP contribution in [0.2, 0.25) is 0 Å². The number of nitrogens with zero attached hydrogens (tertiary/aromatic N) is 5. The molecule has 0 radical (unpaired) electrons. The van der Waals surface area contributed by atoms with E-state index in [1.807, 2.05) is 0 Å². The average Bonchev–Trinajstić information content (AvgIpc) is 2.78. The Bertz CT molecular complexity index is 1060. The van der Waals surface area contributed by atoms with Gasteiger partial charge in [-0.2, -0.15) is 8.78 Å². The molecule has 0 fully saturated rings. The van der Waals surface area contributed by atoms with E-state index in [1.54, 1.807) is 24.8 Å². The van der Waals surface area contributed by atoms with Gasteiger partial charge in [-0.1, -0.05) is 0 Å². The Morgan fingerprint density at radius 1 is 1.16 bits per heavy atom. The van der Waals surface area contributed by atoms with E-state index >= 15 is 0 Å². The van der Waals surface area contributed by atoms with Gasteiger partial charge in [0.1, 0.15) is 18.1 Å². The molecule has 1 aromatic carbocycles. The van der Waals surface area contributed by atoms with Gasteiger partial charge in [-0.15, -0.1) is 0 Å². The Labute approximate surface area is 183 Å². The van der Waals surface area contributed by atoms with Crippen LogP contribution in [0.15, 0.2) is 49.1 Å². The van der Waals surface area contributed by atoms with E-state index in [4.69, 9.17) is 4.74 Å². The van der Waals surface area contributed by atoms with Crippen molar-refractivity contribution in [2.75, 3.05) is 13.2 Å². The molecule has 10 heteroatoms. The molecule has 168 valence electrons. The monoisotopic (exact) mass is 445 g/mol. The molecule has 0 N–H and O–H groups in total. The standard InChI is InChI=1S/C22H22F3N5O2/c1-4-30(14(2)13-32-19-12-28-18(11-29-19)22(3,24)25)21(31)16-7-6-15(23)10-17(16)20-26-8-5-9-27-20/h5-12,14H,4,13H2,1-3H3/t14-/m0/s1. The topological polar surface area (TPSA) is 81.1 Å². The summed E-state index contributed by atoms with van der Waals surface area (Å²) in [5.41, 5.74) is 0.0694. The Kier molecular flexibility index (Phi) is 7.01. The van der Waals surface area contributed by atoms with E-state index < -0.39 is 23.5 Å². The largest absolute Gasteiger partial charge is 0.474 e. The van der Waals surface area contributed by atoms with Gasteiger partial charge in [-0.25, -0.2) is 24.3 Å². The van der Waals surface area contributed by atoms with Crippen molar-refractivity contribution in [3.63, 3.8) is 0 Å². The minimum atomic E-state index is -3.10. The lowest BCUT2D eigenvalue weighted by molar-refractivity contribution is 0.0121. The van der Waals surface area contributed by atoms with E-state index in [0.29, 0.717) is 6.54 Å². The maximum absolute atomic E-state index is 13.9. The van der Waals surface area contributed by atoms with Crippen LogP contribution in [0.4, 0.5) is 13.2 Å². The van der Waals surface area contributed by atoms with E-state index in [9.17, 15) is 18.0 Å². The van der Waals surface area contributed by atoms with Crippen molar-refractivity contribution in [1.29, 1.82) is 0 Å². The molecule has 0 aliphatic carbocycles. The van der Waals surface area contributed by atoms with Crippen LogP contribution in [0.3, 0.4) is 0 Å². The van der Waals surface area contributed by atoms with Crippen molar-refractivity contribution >= 4 is 5.91 Å². The highest BCUT2D eigenvalue weighted by atomic mass is 19.3. The molecule has 0 spiro atoms. The van der Waals surface area contributed by atoms with Crippen LogP contribution in [0.25, 0.3) is 11.4 Å². The van der Waals surface area contributed by atoms with Crippen molar-refractivity contribution in [2.24, 2.45) is 0 Å². The first-order valence-corrected chi connectivity index (χ1v) is 9.91. The zero-order valence-corrected chi connectivity index (χ0v) is 17.8. The summed E-state index contributed by atoms with van der Waals surface area (Å²) in [6.45, 7) is 4.70. The van der Waals surface area contributed by atoms with Crippen molar-refractivity contribution in [1.82, 2.24) is 24.8 Å². The molecular formula is C22H22F3N5O2. The molecule has 0 aliphatic rings. The first-order valence-electron chi connectivity index (χ1n) is 9.91. The second kappa shape index (κ2) is 9.71. The Morgan fingerprint density at radius 2 is 1.88 bits per heavy atom. The summed E-state index contributed by atoms with van der Waals surface area (Å²) in [4.78, 5) is 30.6.